The molecule has 3 aromatic rings. The smallest absolute Gasteiger partial charge is 0.336 e. The van der Waals surface area contributed by atoms with Gasteiger partial charge in [-0.15, -0.1) is 0 Å². The quantitative estimate of drug-likeness (QED) is 0.521. The van der Waals surface area contributed by atoms with E-state index in [1.165, 1.54) is 12.1 Å². The molecule has 0 aliphatic carbocycles. The van der Waals surface area contributed by atoms with E-state index in [9.17, 15) is 19.8 Å². The molecule has 0 bridgehead atoms. The van der Waals surface area contributed by atoms with E-state index >= 15 is 0 Å². The van der Waals surface area contributed by atoms with Crippen LogP contribution in [0.3, 0.4) is 0 Å². The van der Waals surface area contributed by atoms with E-state index < -0.39 is 11.9 Å². The molecule has 0 amide bonds. The van der Waals surface area contributed by atoms with E-state index in [0.29, 0.717) is 21.2 Å². The van der Waals surface area contributed by atoms with Crippen LogP contribution in [-0.4, -0.2) is 22.2 Å². The third-order valence-electron chi connectivity index (χ3n) is 4.45. The Hall–Kier alpha value is -2.82. The van der Waals surface area contributed by atoms with E-state index in [0.717, 1.165) is 11.1 Å². The Balaban J connectivity index is 2.52. The molecule has 4 nitrogen and oxygen atoms in total. The summed E-state index contributed by atoms with van der Waals surface area (Å²) >= 11 is 12.8. The molecule has 142 valence electrons. The Morgan fingerprint density at radius 3 is 1.32 bits per heavy atom. The fraction of sp³-hybridized carbons (Fsp3) is 0.0909. The molecule has 0 saturated carbocycles. The molecule has 0 radical (unpaired) electrons. The fourth-order valence-electron chi connectivity index (χ4n) is 3.16. The van der Waals surface area contributed by atoms with Gasteiger partial charge in [0.1, 0.15) is 0 Å². The van der Waals surface area contributed by atoms with Crippen molar-refractivity contribution in [1.29, 1.82) is 0 Å². The highest BCUT2D eigenvalue weighted by atomic mass is 35.5. The van der Waals surface area contributed by atoms with Crippen molar-refractivity contribution in [3.05, 3.63) is 80.8 Å². The average Bonchev–Trinajstić information content (AvgIpc) is 2.61. The van der Waals surface area contributed by atoms with Crippen molar-refractivity contribution in [3.8, 4) is 22.3 Å². The van der Waals surface area contributed by atoms with Crippen molar-refractivity contribution in [2.75, 3.05) is 0 Å². The Bertz CT molecular complexity index is 1030. The first-order valence-corrected chi connectivity index (χ1v) is 9.13. The maximum absolute atomic E-state index is 12.0. The third-order valence-corrected chi connectivity index (χ3v) is 5.08. The van der Waals surface area contributed by atoms with Crippen molar-refractivity contribution in [2.45, 2.75) is 13.8 Å². The predicted octanol–water partition coefficient (Wildman–Crippen LogP) is 6.34. The van der Waals surface area contributed by atoms with Crippen molar-refractivity contribution in [1.82, 2.24) is 0 Å². The second kappa shape index (κ2) is 7.66. The van der Waals surface area contributed by atoms with Crippen LogP contribution in [0, 0.1) is 13.8 Å². The van der Waals surface area contributed by atoms with E-state index in [4.69, 9.17) is 23.2 Å². The van der Waals surface area contributed by atoms with Crippen molar-refractivity contribution in [2.24, 2.45) is 0 Å². The molecule has 0 atom stereocenters. The number of aromatic carboxylic acids is 2. The number of halogens is 2. The van der Waals surface area contributed by atoms with Gasteiger partial charge in [0, 0.05) is 32.3 Å². The van der Waals surface area contributed by atoms with Gasteiger partial charge in [0.25, 0.3) is 0 Å². The second-order valence-corrected chi connectivity index (χ2v) is 7.30. The van der Waals surface area contributed by atoms with Crippen molar-refractivity contribution < 1.29 is 19.8 Å². The van der Waals surface area contributed by atoms with Gasteiger partial charge in [-0.25, -0.2) is 9.59 Å². The van der Waals surface area contributed by atoms with Gasteiger partial charge in [-0.1, -0.05) is 47.5 Å². The highest BCUT2D eigenvalue weighted by Crippen LogP contribution is 2.43. The molecule has 0 aromatic heterocycles. The minimum Gasteiger partial charge on any atom is -0.478 e. The van der Waals surface area contributed by atoms with Gasteiger partial charge in [-0.05, 0) is 49.2 Å². The van der Waals surface area contributed by atoms with E-state index in [1.54, 1.807) is 36.4 Å². The topological polar surface area (TPSA) is 74.6 Å². The van der Waals surface area contributed by atoms with Gasteiger partial charge in [-0.2, -0.15) is 0 Å². The fourth-order valence-corrected chi connectivity index (χ4v) is 3.82. The van der Waals surface area contributed by atoms with Crippen molar-refractivity contribution in [3.63, 3.8) is 0 Å². The Morgan fingerprint density at radius 1 is 0.679 bits per heavy atom. The molecule has 0 heterocycles. The summed E-state index contributed by atoms with van der Waals surface area (Å²) in [6.07, 6.45) is 0. The number of benzene rings is 3. The number of hydrogen-bond acceptors (Lipinski definition) is 2. The van der Waals surface area contributed by atoms with Gasteiger partial charge in [-0.3, -0.25) is 0 Å². The number of rotatable bonds is 4. The van der Waals surface area contributed by atoms with Crippen LogP contribution in [0.15, 0.2) is 48.5 Å². The number of hydrogen-bond donors (Lipinski definition) is 2. The Labute approximate surface area is 172 Å². The van der Waals surface area contributed by atoms with Gasteiger partial charge in [0.15, 0.2) is 0 Å². The van der Waals surface area contributed by atoms with Crippen LogP contribution in [-0.2, 0) is 0 Å². The lowest BCUT2D eigenvalue weighted by atomic mass is 9.86. The van der Waals surface area contributed by atoms with Gasteiger partial charge in [0.2, 0.25) is 0 Å². The maximum atomic E-state index is 12.0. The summed E-state index contributed by atoms with van der Waals surface area (Å²) in [7, 11) is 0. The van der Waals surface area contributed by atoms with E-state index in [1.807, 2.05) is 13.8 Å². The van der Waals surface area contributed by atoms with Gasteiger partial charge < -0.3 is 10.2 Å². The number of carbonyl (C=O) groups is 2. The molecule has 0 saturated heterocycles. The van der Waals surface area contributed by atoms with Crippen LogP contribution >= 0.6 is 23.2 Å². The van der Waals surface area contributed by atoms with Crippen molar-refractivity contribution >= 4 is 35.1 Å². The van der Waals surface area contributed by atoms with Crippen LogP contribution in [0.5, 0.6) is 0 Å². The summed E-state index contributed by atoms with van der Waals surface area (Å²) in [6.45, 7) is 3.72. The zero-order valence-electron chi connectivity index (χ0n) is 15.1. The average molecular weight is 415 g/mol. The van der Waals surface area contributed by atoms with Gasteiger partial charge >= 0.3 is 11.9 Å². The molecule has 0 spiro atoms. The number of carboxylic acid groups (broad SMARTS) is 2. The summed E-state index contributed by atoms with van der Waals surface area (Å²) in [6, 6.07) is 12.9. The first-order valence-electron chi connectivity index (χ1n) is 8.37. The summed E-state index contributed by atoms with van der Waals surface area (Å²) in [5.74, 6) is -2.37. The van der Waals surface area contributed by atoms with Crippen LogP contribution in [0.1, 0.15) is 31.8 Å². The molecule has 28 heavy (non-hydrogen) atoms. The van der Waals surface area contributed by atoms with Crippen LogP contribution in [0.25, 0.3) is 22.3 Å². The largest absolute Gasteiger partial charge is 0.478 e. The zero-order valence-corrected chi connectivity index (χ0v) is 16.6. The normalized spacial score (nSPS) is 10.7. The number of carboxylic acids is 2. The van der Waals surface area contributed by atoms with Gasteiger partial charge in [0.05, 0.1) is 11.1 Å². The molecular formula is C22H16Cl2O4. The standard InChI is InChI=1S/C22H16Cl2O4/c1-11-3-5-13(17(23)9-11)19-15(21(25)26)7-8-16(22(27)28)20(19)14-6-4-12(2)10-18(14)24/h3-10H,1-2H3,(H,25,26)(H,27,28). The second-order valence-electron chi connectivity index (χ2n) is 6.49. The Kier molecular flexibility index (Phi) is 5.45. The molecule has 0 unspecified atom stereocenters. The lowest BCUT2D eigenvalue weighted by molar-refractivity contribution is 0.0682. The minimum atomic E-state index is -1.19. The molecule has 2 N–H and O–H groups in total. The van der Waals surface area contributed by atoms with Crippen LogP contribution in [0.2, 0.25) is 10.0 Å². The molecular weight excluding hydrogens is 399 g/mol. The summed E-state index contributed by atoms with van der Waals surface area (Å²) in [5.41, 5.74) is 3.00. The molecule has 6 heteroatoms. The SMILES string of the molecule is Cc1ccc(-c2c(C(=O)O)ccc(C(=O)O)c2-c2ccc(C)cc2Cl)c(Cl)c1. The van der Waals surface area contributed by atoms with Crippen LogP contribution < -0.4 is 0 Å². The zero-order chi connectivity index (χ0) is 20.6. The first-order chi connectivity index (χ1) is 13.2. The maximum Gasteiger partial charge on any atom is 0.336 e. The van der Waals surface area contributed by atoms with E-state index in [2.05, 4.69) is 0 Å². The lowest BCUT2D eigenvalue weighted by Gasteiger charge is -2.18. The minimum absolute atomic E-state index is 0.0533. The molecule has 3 rings (SSSR count). The number of aryl methyl sites for hydroxylation is 2. The highest BCUT2D eigenvalue weighted by molar-refractivity contribution is 6.35. The monoisotopic (exact) mass is 414 g/mol. The highest BCUT2D eigenvalue weighted by Gasteiger charge is 2.25. The van der Waals surface area contributed by atoms with Crippen LogP contribution in [0.4, 0.5) is 0 Å². The molecule has 0 fully saturated rings. The summed E-state index contributed by atoms with van der Waals surface area (Å²) in [4.78, 5) is 23.9. The summed E-state index contributed by atoms with van der Waals surface area (Å²) < 4.78 is 0. The Morgan fingerprint density at radius 2 is 1.04 bits per heavy atom. The first kappa shape index (κ1) is 19.9. The van der Waals surface area contributed by atoms with E-state index in [-0.39, 0.29) is 22.3 Å². The molecule has 0 aliphatic heterocycles. The third kappa shape index (κ3) is 3.61. The molecule has 0 aliphatic rings. The molecule has 3 aromatic carbocycles. The predicted molar refractivity (Wildman–Crippen MR) is 111 cm³/mol. The summed E-state index contributed by atoms with van der Waals surface area (Å²) in [5, 5.41) is 20.2. The lowest BCUT2D eigenvalue weighted by Crippen LogP contribution is -2.08.